The van der Waals surface area contributed by atoms with Crippen LogP contribution in [-0.2, 0) is 4.74 Å². The predicted molar refractivity (Wildman–Crippen MR) is 78.3 cm³/mol. The summed E-state index contributed by atoms with van der Waals surface area (Å²) in [5.41, 5.74) is 0. The van der Waals surface area contributed by atoms with E-state index in [0.717, 1.165) is 18.5 Å². The molecule has 2 saturated carbocycles. The molecular weight excluding hydrogens is 236 g/mol. The molecule has 19 heavy (non-hydrogen) atoms. The molecule has 3 heteroatoms. The van der Waals surface area contributed by atoms with E-state index in [0.29, 0.717) is 18.2 Å². The van der Waals surface area contributed by atoms with E-state index in [1.165, 1.54) is 57.8 Å². The Hall–Kier alpha value is -0.120. The summed E-state index contributed by atoms with van der Waals surface area (Å²) in [6.07, 6.45) is 12.9. The zero-order valence-electron chi connectivity index (χ0n) is 12.4. The van der Waals surface area contributed by atoms with Crippen LogP contribution in [0, 0.1) is 5.92 Å². The van der Waals surface area contributed by atoms with Crippen molar-refractivity contribution < 1.29 is 4.74 Å². The summed E-state index contributed by atoms with van der Waals surface area (Å²) in [5, 5.41) is 7.67. The maximum Gasteiger partial charge on any atom is 0.0724 e. The Kier molecular flexibility index (Phi) is 4.78. The van der Waals surface area contributed by atoms with Crippen molar-refractivity contribution in [3.8, 4) is 0 Å². The molecule has 3 aliphatic rings. The van der Waals surface area contributed by atoms with Gasteiger partial charge in [-0.1, -0.05) is 12.8 Å². The van der Waals surface area contributed by atoms with Gasteiger partial charge in [0, 0.05) is 31.8 Å². The highest BCUT2D eigenvalue weighted by molar-refractivity contribution is 4.92. The monoisotopic (exact) mass is 266 g/mol. The van der Waals surface area contributed by atoms with Crippen molar-refractivity contribution in [2.24, 2.45) is 5.92 Å². The van der Waals surface area contributed by atoms with Crippen LogP contribution in [0.25, 0.3) is 0 Å². The smallest absolute Gasteiger partial charge is 0.0724 e. The van der Waals surface area contributed by atoms with E-state index in [4.69, 9.17) is 4.74 Å². The largest absolute Gasteiger partial charge is 0.380 e. The Bertz CT molecular complexity index is 284. The van der Waals surface area contributed by atoms with Crippen LogP contribution in [0.5, 0.6) is 0 Å². The third-order valence-corrected chi connectivity index (χ3v) is 5.63. The number of fused-ring (bicyclic) bond motifs is 1. The lowest BCUT2D eigenvalue weighted by Crippen LogP contribution is -2.54. The fourth-order valence-corrected chi connectivity index (χ4v) is 4.47. The molecule has 110 valence electrons. The van der Waals surface area contributed by atoms with Crippen molar-refractivity contribution in [1.29, 1.82) is 0 Å². The Morgan fingerprint density at radius 1 is 1.00 bits per heavy atom. The highest BCUT2D eigenvalue weighted by Gasteiger charge is 2.32. The third-order valence-electron chi connectivity index (χ3n) is 5.63. The van der Waals surface area contributed by atoms with Crippen LogP contribution in [0.15, 0.2) is 0 Å². The lowest BCUT2D eigenvalue weighted by molar-refractivity contribution is 0.0824. The number of nitrogens with one attached hydrogen (secondary N) is 2. The molecule has 0 radical (unpaired) electrons. The lowest BCUT2D eigenvalue weighted by atomic mass is 9.78. The zero-order chi connectivity index (χ0) is 13.1. The van der Waals surface area contributed by atoms with E-state index < -0.39 is 0 Å². The first-order valence-corrected chi connectivity index (χ1v) is 8.39. The van der Waals surface area contributed by atoms with Crippen LogP contribution in [0.3, 0.4) is 0 Å². The van der Waals surface area contributed by atoms with Gasteiger partial charge in [0.15, 0.2) is 0 Å². The fraction of sp³-hybridized carbons (Fsp3) is 1.00. The van der Waals surface area contributed by atoms with Gasteiger partial charge >= 0.3 is 0 Å². The first-order chi connectivity index (χ1) is 9.36. The zero-order valence-corrected chi connectivity index (χ0v) is 12.4. The van der Waals surface area contributed by atoms with E-state index >= 15 is 0 Å². The summed E-state index contributed by atoms with van der Waals surface area (Å²) >= 11 is 0. The molecule has 0 amide bonds. The van der Waals surface area contributed by atoms with E-state index in [1.807, 2.05) is 7.11 Å². The van der Waals surface area contributed by atoms with Crippen LogP contribution in [0.1, 0.15) is 57.8 Å². The quantitative estimate of drug-likeness (QED) is 0.820. The Morgan fingerprint density at radius 2 is 1.89 bits per heavy atom. The van der Waals surface area contributed by atoms with E-state index in [9.17, 15) is 0 Å². The van der Waals surface area contributed by atoms with Gasteiger partial charge in [-0.25, -0.2) is 0 Å². The number of rotatable bonds is 4. The fourth-order valence-electron chi connectivity index (χ4n) is 4.47. The van der Waals surface area contributed by atoms with Crippen molar-refractivity contribution in [2.45, 2.75) is 82.0 Å². The minimum absolute atomic E-state index is 0.450. The molecule has 2 N–H and O–H groups in total. The predicted octanol–water partition coefficient (Wildman–Crippen LogP) is 2.45. The summed E-state index contributed by atoms with van der Waals surface area (Å²) in [4.78, 5) is 0. The van der Waals surface area contributed by atoms with Gasteiger partial charge in [-0.15, -0.1) is 0 Å². The number of piperidine rings is 1. The Labute approximate surface area is 117 Å². The molecule has 1 saturated heterocycles. The standard InChI is InChI=1S/C16H30N2O/c1-19-16-8-4-7-15(16)17-11-13-10-9-12-5-2-3-6-14(12)18-13/h12-18H,2-11H2,1H3. The van der Waals surface area contributed by atoms with Crippen molar-refractivity contribution in [1.82, 2.24) is 10.6 Å². The van der Waals surface area contributed by atoms with Crippen molar-refractivity contribution >= 4 is 0 Å². The van der Waals surface area contributed by atoms with Gasteiger partial charge in [-0.3, -0.25) is 0 Å². The van der Waals surface area contributed by atoms with Gasteiger partial charge < -0.3 is 15.4 Å². The number of hydrogen-bond acceptors (Lipinski definition) is 3. The number of ether oxygens (including phenoxy) is 1. The van der Waals surface area contributed by atoms with E-state index in [-0.39, 0.29) is 0 Å². The van der Waals surface area contributed by atoms with Crippen LogP contribution in [0.4, 0.5) is 0 Å². The summed E-state index contributed by atoms with van der Waals surface area (Å²) in [5.74, 6) is 0.975. The molecule has 3 fully saturated rings. The molecule has 0 aromatic carbocycles. The van der Waals surface area contributed by atoms with Gasteiger partial charge in [0.25, 0.3) is 0 Å². The summed E-state index contributed by atoms with van der Waals surface area (Å²) in [7, 11) is 1.86. The van der Waals surface area contributed by atoms with Gasteiger partial charge in [-0.2, -0.15) is 0 Å². The summed E-state index contributed by atoms with van der Waals surface area (Å²) in [6, 6.07) is 2.10. The van der Waals surface area contributed by atoms with Gasteiger partial charge in [0.2, 0.25) is 0 Å². The number of hydrogen-bond donors (Lipinski definition) is 2. The highest BCUT2D eigenvalue weighted by Crippen LogP contribution is 2.32. The van der Waals surface area contributed by atoms with E-state index in [2.05, 4.69) is 10.6 Å². The second kappa shape index (κ2) is 6.55. The molecule has 1 aliphatic heterocycles. The van der Waals surface area contributed by atoms with Crippen LogP contribution >= 0.6 is 0 Å². The molecule has 0 spiro atoms. The Balaban J connectivity index is 1.43. The van der Waals surface area contributed by atoms with E-state index in [1.54, 1.807) is 0 Å². The molecule has 5 unspecified atom stereocenters. The molecule has 0 aromatic rings. The topological polar surface area (TPSA) is 33.3 Å². The molecule has 0 aromatic heterocycles. The van der Waals surface area contributed by atoms with Gasteiger partial charge in [-0.05, 0) is 50.9 Å². The van der Waals surface area contributed by atoms with Crippen molar-refractivity contribution in [2.75, 3.05) is 13.7 Å². The highest BCUT2D eigenvalue weighted by atomic mass is 16.5. The third kappa shape index (κ3) is 3.32. The molecular formula is C16H30N2O. The minimum atomic E-state index is 0.450. The van der Waals surface area contributed by atoms with Crippen molar-refractivity contribution in [3.05, 3.63) is 0 Å². The molecule has 0 bridgehead atoms. The molecule has 3 nitrogen and oxygen atoms in total. The minimum Gasteiger partial charge on any atom is -0.380 e. The normalized spacial score (nSPS) is 43.1. The molecule has 3 rings (SSSR count). The lowest BCUT2D eigenvalue weighted by Gasteiger charge is -2.41. The average molecular weight is 266 g/mol. The van der Waals surface area contributed by atoms with Crippen LogP contribution in [-0.4, -0.2) is 37.9 Å². The summed E-state index contributed by atoms with van der Waals surface area (Å²) in [6.45, 7) is 1.13. The maximum absolute atomic E-state index is 5.57. The number of methoxy groups -OCH3 is 1. The summed E-state index contributed by atoms with van der Waals surface area (Å²) < 4.78 is 5.57. The second-order valence-corrected chi connectivity index (χ2v) is 6.81. The molecule has 5 atom stereocenters. The second-order valence-electron chi connectivity index (χ2n) is 6.81. The first kappa shape index (κ1) is 13.8. The van der Waals surface area contributed by atoms with Crippen LogP contribution in [0.2, 0.25) is 0 Å². The van der Waals surface area contributed by atoms with Gasteiger partial charge in [0.1, 0.15) is 0 Å². The van der Waals surface area contributed by atoms with Crippen molar-refractivity contribution in [3.63, 3.8) is 0 Å². The van der Waals surface area contributed by atoms with Gasteiger partial charge in [0.05, 0.1) is 6.10 Å². The SMILES string of the molecule is COC1CCCC1NCC1CCC2CCCCC2N1. The molecule has 1 heterocycles. The molecule has 2 aliphatic carbocycles. The average Bonchev–Trinajstić information content (AvgIpc) is 2.92. The van der Waals surface area contributed by atoms with Crippen LogP contribution < -0.4 is 10.6 Å². The Morgan fingerprint density at radius 3 is 2.79 bits per heavy atom. The first-order valence-electron chi connectivity index (χ1n) is 8.39. The maximum atomic E-state index is 5.57.